The maximum absolute atomic E-state index is 12.2. The van der Waals surface area contributed by atoms with E-state index in [9.17, 15) is 4.79 Å². The average Bonchev–Trinajstić information content (AvgIpc) is 3.16. The largest absolute Gasteiger partial charge is 0.352 e. The van der Waals surface area contributed by atoms with Crippen LogP contribution in [-0.4, -0.2) is 33.8 Å². The zero-order chi connectivity index (χ0) is 16.8. The first kappa shape index (κ1) is 16.6. The Morgan fingerprint density at radius 1 is 1.42 bits per heavy atom. The number of nitrogens with zero attached hydrogens (tertiary/aromatic N) is 3. The number of carbonyl (C=O) groups is 1. The van der Waals surface area contributed by atoms with E-state index in [2.05, 4.69) is 27.6 Å². The molecule has 0 radical (unpaired) electrons. The van der Waals surface area contributed by atoms with Crippen LogP contribution in [-0.2, 0) is 11.3 Å². The lowest BCUT2D eigenvalue weighted by atomic mass is 9.85. The van der Waals surface area contributed by atoms with Gasteiger partial charge in [-0.1, -0.05) is 19.1 Å². The van der Waals surface area contributed by atoms with Gasteiger partial charge < -0.3 is 10.6 Å². The molecule has 0 spiro atoms. The summed E-state index contributed by atoms with van der Waals surface area (Å²) in [6, 6.07) is 7.97. The number of hydrogen-bond donors (Lipinski definition) is 2. The topological polar surface area (TPSA) is 71.8 Å². The highest BCUT2D eigenvalue weighted by Crippen LogP contribution is 2.22. The quantitative estimate of drug-likeness (QED) is 0.850. The molecular weight excluding hydrogens is 302 g/mol. The maximum atomic E-state index is 12.2. The van der Waals surface area contributed by atoms with E-state index in [1.807, 2.05) is 24.3 Å². The predicted octanol–water partition coefficient (Wildman–Crippen LogP) is 1.91. The number of benzene rings is 1. The van der Waals surface area contributed by atoms with E-state index in [0.717, 1.165) is 24.3 Å². The molecule has 2 unspecified atom stereocenters. The van der Waals surface area contributed by atoms with Gasteiger partial charge in [-0.3, -0.25) is 4.79 Å². The highest BCUT2D eigenvalue weighted by molar-refractivity contribution is 5.76. The van der Waals surface area contributed by atoms with Gasteiger partial charge in [0.15, 0.2) is 0 Å². The minimum atomic E-state index is 0.133. The minimum absolute atomic E-state index is 0.133. The van der Waals surface area contributed by atoms with E-state index >= 15 is 0 Å². The van der Waals surface area contributed by atoms with E-state index in [-0.39, 0.29) is 5.91 Å². The Kier molecular flexibility index (Phi) is 5.59. The van der Waals surface area contributed by atoms with Crippen LogP contribution < -0.4 is 10.6 Å². The zero-order valence-electron chi connectivity index (χ0n) is 14.1. The molecule has 128 valence electrons. The van der Waals surface area contributed by atoms with Crippen molar-refractivity contribution < 1.29 is 4.79 Å². The predicted molar refractivity (Wildman–Crippen MR) is 92.6 cm³/mol. The van der Waals surface area contributed by atoms with Crippen molar-refractivity contribution in [2.24, 2.45) is 11.8 Å². The Labute approximate surface area is 142 Å². The van der Waals surface area contributed by atoms with Gasteiger partial charge in [0, 0.05) is 13.0 Å². The lowest BCUT2D eigenvalue weighted by Crippen LogP contribution is -2.35. The van der Waals surface area contributed by atoms with Gasteiger partial charge in [-0.2, -0.15) is 5.10 Å². The molecule has 2 heterocycles. The Morgan fingerprint density at radius 3 is 2.92 bits per heavy atom. The van der Waals surface area contributed by atoms with Crippen LogP contribution in [0.4, 0.5) is 0 Å². The Morgan fingerprint density at radius 2 is 2.25 bits per heavy atom. The standard InChI is InChI=1S/C18H25N5O/c1-14(16-3-2-8-19-11-16)9-18(24)21-10-15-4-6-17(7-5-15)23-13-20-12-22-23/h4-7,12-14,16,19H,2-3,8-11H2,1H3,(H,21,24). The summed E-state index contributed by atoms with van der Waals surface area (Å²) in [4.78, 5) is 16.1. The van der Waals surface area contributed by atoms with Gasteiger partial charge >= 0.3 is 0 Å². The van der Waals surface area contributed by atoms with Gasteiger partial charge in [-0.05, 0) is 55.5 Å². The molecule has 1 aromatic carbocycles. The van der Waals surface area contributed by atoms with Gasteiger partial charge in [0.05, 0.1) is 5.69 Å². The minimum Gasteiger partial charge on any atom is -0.352 e. The number of amides is 1. The fourth-order valence-corrected chi connectivity index (χ4v) is 3.20. The van der Waals surface area contributed by atoms with Crippen LogP contribution in [0.1, 0.15) is 31.7 Å². The van der Waals surface area contributed by atoms with Crippen molar-refractivity contribution in [2.45, 2.75) is 32.7 Å². The van der Waals surface area contributed by atoms with Gasteiger partial charge in [0.25, 0.3) is 0 Å². The molecule has 3 rings (SSSR count). The molecule has 1 aromatic heterocycles. The van der Waals surface area contributed by atoms with Gasteiger partial charge in [0.1, 0.15) is 12.7 Å². The highest BCUT2D eigenvalue weighted by atomic mass is 16.1. The van der Waals surface area contributed by atoms with Crippen LogP contribution >= 0.6 is 0 Å². The fourth-order valence-electron chi connectivity index (χ4n) is 3.20. The summed E-state index contributed by atoms with van der Waals surface area (Å²) in [6.07, 6.45) is 6.22. The van der Waals surface area contributed by atoms with Crippen LogP contribution in [0.25, 0.3) is 5.69 Å². The molecule has 1 aliphatic heterocycles. The van der Waals surface area contributed by atoms with E-state index in [1.165, 1.54) is 19.2 Å². The highest BCUT2D eigenvalue weighted by Gasteiger charge is 2.21. The number of carbonyl (C=O) groups excluding carboxylic acids is 1. The van der Waals surface area contributed by atoms with Gasteiger partial charge in [-0.25, -0.2) is 9.67 Å². The second-order valence-corrected chi connectivity index (χ2v) is 6.57. The third-order valence-electron chi connectivity index (χ3n) is 4.76. The summed E-state index contributed by atoms with van der Waals surface area (Å²) in [6.45, 7) is 4.90. The molecule has 1 amide bonds. The third-order valence-corrected chi connectivity index (χ3v) is 4.76. The molecule has 24 heavy (non-hydrogen) atoms. The molecule has 0 aliphatic carbocycles. The van der Waals surface area contributed by atoms with Crippen molar-refractivity contribution >= 4 is 5.91 Å². The summed E-state index contributed by atoms with van der Waals surface area (Å²) in [5, 5.41) is 10.5. The summed E-state index contributed by atoms with van der Waals surface area (Å²) < 4.78 is 1.71. The lowest BCUT2D eigenvalue weighted by molar-refractivity contribution is -0.122. The molecule has 2 N–H and O–H groups in total. The molecule has 6 nitrogen and oxygen atoms in total. The van der Waals surface area contributed by atoms with E-state index in [4.69, 9.17) is 0 Å². The molecule has 1 aliphatic rings. The third kappa shape index (κ3) is 4.41. The van der Waals surface area contributed by atoms with Crippen molar-refractivity contribution in [2.75, 3.05) is 13.1 Å². The van der Waals surface area contributed by atoms with Crippen LogP contribution in [0.3, 0.4) is 0 Å². The maximum Gasteiger partial charge on any atom is 0.220 e. The van der Waals surface area contributed by atoms with Crippen molar-refractivity contribution in [1.82, 2.24) is 25.4 Å². The fraction of sp³-hybridized carbons (Fsp3) is 0.500. The summed E-state index contributed by atoms with van der Waals surface area (Å²) in [5.74, 6) is 1.17. The number of rotatable bonds is 6. The molecule has 1 saturated heterocycles. The Bertz CT molecular complexity index is 632. The van der Waals surface area contributed by atoms with Crippen molar-refractivity contribution in [1.29, 1.82) is 0 Å². The van der Waals surface area contributed by atoms with Gasteiger partial charge in [-0.15, -0.1) is 0 Å². The smallest absolute Gasteiger partial charge is 0.220 e. The molecule has 2 aromatic rings. The first-order valence-corrected chi connectivity index (χ1v) is 8.64. The number of aromatic nitrogens is 3. The summed E-state index contributed by atoms with van der Waals surface area (Å²) in [5.41, 5.74) is 2.04. The molecule has 0 bridgehead atoms. The van der Waals surface area contributed by atoms with Gasteiger partial charge in [0.2, 0.25) is 5.91 Å². The second-order valence-electron chi connectivity index (χ2n) is 6.57. The van der Waals surface area contributed by atoms with Crippen molar-refractivity contribution in [3.63, 3.8) is 0 Å². The SMILES string of the molecule is CC(CC(=O)NCc1ccc(-n2cncn2)cc1)C1CCCNC1. The summed E-state index contributed by atoms with van der Waals surface area (Å²) in [7, 11) is 0. The second kappa shape index (κ2) is 8.06. The van der Waals surface area contributed by atoms with Crippen LogP contribution in [0.2, 0.25) is 0 Å². The molecule has 1 fully saturated rings. The van der Waals surface area contributed by atoms with Crippen LogP contribution in [0.5, 0.6) is 0 Å². The number of piperidine rings is 1. The molecule has 0 saturated carbocycles. The van der Waals surface area contributed by atoms with Crippen LogP contribution in [0.15, 0.2) is 36.9 Å². The van der Waals surface area contributed by atoms with Crippen molar-refractivity contribution in [3.8, 4) is 5.69 Å². The average molecular weight is 327 g/mol. The zero-order valence-corrected chi connectivity index (χ0v) is 14.1. The first-order chi connectivity index (χ1) is 11.7. The number of hydrogen-bond acceptors (Lipinski definition) is 4. The van der Waals surface area contributed by atoms with E-state index in [0.29, 0.717) is 24.8 Å². The normalized spacial score (nSPS) is 19.0. The van der Waals surface area contributed by atoms with Crippen LogP contribution in [0, 0.1) is 11.8 Å². The Hall–Kier alpha value is -2.21. The first-order valence-electron chi connectivity index (χ1n) is 8.64. The monoisotopic (exact) mass is 327 g/mol. The molecular formula is C18H25N5O. The molecule has 2 atom stereocenters. The summed E-state index contributed by atoms with van der Waals surface area (Å²) >= 11 is 0. The van der Waals surface area contributed by atoms with Crippen molar-refractivity contribution in [3.05, 3.63) is 42.5 Å². The number of nitrogens with one attached hydrogen (secondary N) is 2. The van der Waals surface area contributed by atoms with E-state index < -0.39 is 0 Å². The Balaban J connectivity index is 1.45. The molecule has 6 heteroatoms. The van der Waals surface area contributed by atoms with E-state index in [1.54, 1.807) is 11.0 Å². The lowest BCUT2D eigenvalue weighted by Gasteiger charge is -2.28.